The molecule has 0 spiro atoms. The van der Waals surface area contributed by atoms with E-state index in [4.69, 9.17) is 5.73 Å². The lowest BCUT2D eigenvalue weighted by atomic mass is 9.97. The molecular formula is C22H42N4O5S. The zero-order chi connectivity index (χ0) is 25.0. The fourth-order valence-electron chi connectivity index (χ4n) is 3.03. The Morgan fingerprint density at radius 2 is 1.47 bits per heavy atom. The van der Waals surface area contributed by atoms with E-state index >= 15 is 0 Å². The molecule has 3 amide bonds. The minimum atomic E-state index is -1.12. The number of carboxylic acids is 1. The molecule has 0 bridgehead atoms. The fourth-order valence-corrected chi connectivity index (χ4v) is 3.50. The summed E-state index contributed by atoms with van der Waals surface area (Å²) in [6.45, 7) is 11.1. The number of amides is 3. The van der Waals surface area contributed by atoms with Gasteiger partial charge in [-0.3, -0.25) is 14.4 Å². The summed E-state index contributed by atoms with van der Waals surface area (Å²) in [5.74, 6) is -2.19. The zero-order valence-electron chi connectivity index (χ0n) is 20.4. The molecule has 0 saturated heterocycles. The van der Waals surface area contributed by atoms with Crippen LogP contribution < -0.4 is 21.7 Å². The first-order chi connectivity index (χ1) is 14.8. The minimum absolute atomic E-state index is 0.0418. The van der Waals surface area contributed by atoms with Gasteiger partial charge in [-0.2, -0.15) is 11.8 Å². The van der Waals surface area contributed by atoms with Crippen molar-refractivity contribution in [1.29, 1.82) is 0 Å². The third-order valence-electron chi connectivity index (χ3n) is 5.37. The van der Waals surface area contributed by atoms with Gasteiger partial charge in [-0.15, -0.1) is 0 Å². The number of nitrogens with two attached hydrogens (primary N) is 1. The molecule has 10 heteroatoms. The minimum Gasteiger partial charge on any atom is -0.480 e. The smallest absolute Gasteiger partial charge is 0.326 e. The van der Waals surface area contributed by atoms with Crippen LogP contribution in [0, 0.1) is 17.8 Å². The SMILES string of the molecule is CCC(C)C(N)C(=O)NC(C(=O)NC(CCSC)C(=O)NC(CC(C)C)C(=O)O)C(C)C. The highest BCUT2D eigenvalue weighted by atomic mass is 32.2. The first kappa shape index (κ1) is 30.2. The number of carbonyl (C=O) groups excluding carboxylic acids is 3. The molecule has 9 nitrogen and oxygen atoms in total. The van der Waals surface area contributed by atoms with Gasteiger partial charge in [-0.05, 0) is 42.6 Å². The fraction of sp³-hybridized carbons (Fsp3) is 0.818. The summed E-state index contributed by atoms with van der Waals surface area (Å²) in [6.07, 6.45) is 3.22. The summed E-state index contributed by atoms with van der Waals surface area (Å²) in [7, 11) is 0. The summed E-state index contributed by atoms with van der Waals surface area (Å²) < 4.78 is 0. The Hall–Kier alpha value is -1.81. The van der Waals surface area contributed by atoms with E-state index in [0.29, 0.717) is 12.2 Å². The molecule has 0 aromatic rings. The molecule has 0 aliphatic rings. The average molecular weight is 475 g/mol. The second-order valence-electron chi connectivity index (χ2n) is 9.01. The molecule has 5 atom stereocenters. The number of thioether (sulfide) groups is 1. The zero-order valence-corrected chi connectivity index (χ0v) is 21.3. The van der Waals surface area contributed by atoms with E-state index in [1.807, 2.05) is 34.0 Å². The lowest BCUT2D eigenvalue weighted by Crippen LogP contribution is -2.59. The van der Waals surface area contributed by atoms with Crippen LogP contribution >= 0.6 is 11.8 Å². The largest absolute Gasteiger partial charge is 0.480 e. The van der Waals surface area contributed by atoms with Gasteiger partial charge in [0.2, 0.25) is 17.7 Å². The Bertz CT molecular complexity index is 629. The molecule has 5 unspecified atom stereocenters. The lowest BCUT2D eigenvalue weighted by molar-refractivity contribution is -0.142. The number of carboxylic acid groups (broad SMARTS) is 1. The van der Waals surface area contributed by atoms with Gasteiger partial charge in [0.05, 0.1) is 6.04 Å². The maximum Gasteiger partial charge on any atom is 0.326 e. The van der Waals surface area contributed by atoms with E-state index in [-0.39, 0.29) is 24.2 Å². The van der Waals surface area contributed by atoms with Gasteiger partial charge in [0.15, 0.2) is 0 Å². The van der Waals surface area contributed by atoms with E-state index in [0.717, 1.165) is 6.42 Å². The lowest BCUT2D eigenvalue weighted by Gasteiger charge is -2.28. The predicted molar refractivity (Wildman–Crippen MR) is 128 cm³/mol. The van der Waals surface area contributed by atoms with Gasteiger partial charge >= 0.3 is 5.97 Å². The van der Waals surface area contributed by atoms with Crippen molar-refractivity contribution in [3.63, 3.8) is 0 Å². The predicted octanol–water partition coefficient (Wildman–Crippen LogP) is 1.35. The van der Waals surface area contributed by atoms with Crippen molar-refractivity contribution in [2.24, 2.45) is 23.5 Å². The monoisotopic (exact) mass is 474 g/mol. The van der Waals surface area contributed by atoms with E-state index in [2.05, 4.69) is 16.0 Å². The second-order valence-corrected chi connectivity index (χ2v) is 10.00. The van der Waals surface area contributed by atoms with Crippen LogP contribution in [0.15, 0.2) is 0 Å². The van der Waals surface area contributed by atoms with E-state index in [9.17, 15) is 24.3 Å². The van der Waals surface area contributed by atoms with Crippen molar-refractivity contribution in [2.45, 2.75) is 85.0 Å². The summed E-state index contributed by atoms with van der Waals surface area (Å²) in [4.78, 5) is 49.9. The molecular weight excluding hydrogens is 432 g/mol. The number of hydrogen-bond acceptors (Lipinski definition) is 6. The Kier molecular flexibility index (Phi) is 14.2. The number of rotatable bonds is 15. The summed E-state index contributed by atoms with van der Waals surface area (Å²) in [5, 5.41) is 17.4. The molecule has 0 aromatic heterocycles. The first-order valence-electron chi connectivity index (χ1n) is 11.2. The quantitative estimate of drug-likeness (QED) is 0.240. The van der Waals surface area contributed by atoms with Crippen molar-refractivity contribution in [1.82, 2.24) is 16.0 Å². The number of carbonyl (C=O) groups is 4. The molecule has 0 radical (unpaired) electrons. The molecule has 0 rings (SSSR count). The average Bonchev–Trinajstić information content (AvgIpc) is 2.71. The van der Waals surface area contributed by atoms with Gasteiger partial charge in [-0.25, -0.2) is 4.79 Å². The van der Waals surface area contributed by atoms with E-state index in [1.54, 1.807) is 13.8 Å². The maximum atomic E-state index is 13.0. The topological polar surface area (TPSA) is 151 Å². The van der Waals surface area contributed by atoms with Crippen LogP contribution in [-0.2, 0) is 19.2 Å². The number of aliphatic carboxylic acids is 1. The van der Waals surface area contributed by atoms with Gasteiger partial charge in [0, 0.05) is 0 Å². The maximum absolute atomic E-state index is 13.0. The van der Waals surface area contributed by atoms with Crippen LogP contribution in [0.1, 0.15) is 60.8 Å². The normalized spacial score (nSPS) is 16.1. The molecule has 0 aliphatic carbocycles. The number of nitrogens with one attached hydrogen (secondary N) is 3. The molecule has 0 saturated carbocycles. The highest BCUT2D eigenvalue weighted by Gasteiger charge is 2.32. The van der Waals surface area contributed by atoms with Gasteiger partial charge in [0.1, 0.15) is 18.1 Å². The molecule has 6 N–H and O–H groups in total. The Morgan fingerprint density at radius 3 is 1.91 bits per heavy atom. The molecule has 0 heterocycles. The summed E-state index contributed by atoms with van der Waals surface area (Å²) in [5.41, 5.74) is 5.99. The second kappa shape index (κ2) is 15.1. The molecule has 0 aliphatic heterocycles. The van der Waals surface area contributed by atoms with Crippen LogP contribution in [-0.4, -0.2) is 65.0 Å². The molecule has 32 heavy (non-hydrogen) atoms. The highest BCUT2D eigenvalue weighted by molar-refractivity contribution is 7.98. The third-order valence-corrected chi connectivity index (χ3v) is 6.02. The van der Waals surface area contributed by atoms with Crippen LogP contribution in [0.2, 0.25) is 0 Å². The third kappa shape index (κ3) is 10.7. The van der Waals surface area contributed by atoms with Gasteiger partial charge in [-0.1, -0.05) is 48.0 Å². The summed E-state index contributed by atoms with van der Waals surface area (Å²) in [6, 6.07) is -3.55. The van der Waals surface area contributed by atoms with Crippen LogP contribution in [0.5, 0.6) is 0 Å². The van der Waals surface area contributed by atoms with Crippen molar-refractivity contribution in [3.8, 4) is 0 Å². The van der Waals surface area contributed by atoms with E-state index in [1.165, 1.54) is 11.8 Å². The number of hydrogen-bond donors (Lipinski definition) is 5. The Labute approximate surface area is 196 Å². The van der Waals surface area contributed by atoms with Crippen LogP contribution in [0.4, 0.5) is 0 Å². The Morgan fingerprint density at radius 1 is 0.906 bits per heavy atom. The molecule has 0 fully saturated rings. The van der Waals surface area contributed by atoms with Crippen LogP contribution in [0.3, 0.4) is 0 Å². The Balaban J connectivity index is 5.42. The highest BCUT2D eigenvalue weighted by Crippen LogP contribution is 2.10. The van der Waals surface area contributed by atoms with Crippen molar-refractivity contribution in [3.05, 3.63) is 0 Å². The standard InChI is InChI=1S/C22H42N4O5S/c1-8-14(6)17(23)20(28)26-18(13(4)5)21(29)24-15(9-10-32-7)19(27)25-16(22(30)31)11-12(2)3/h12-18H,8-11,23H2,1-7H3,(H,24,29)(H,25,27)(H,26,28)(H,30,31). The van der Waals surface area contributed by atoms with Crippen molar-refractivity contribution >= 4 is 35.5 Å². The molecule has 0 aromatic carbocycles. The van der Waals surface area contributed by atoms with Crippen molar-refractivity contribution in [2.75, 3.05) is 12.0 Å². The van der Waals surface area contributed by atoms with Gasteiger partial charge in [0.25, 0.3) is 0 Å². The van der Waals surface area contributed by atoms with Crippen LogP contribution in [0.25, 0.3) is 0 Å². The summed E-state index contributed by atoms with van der Waals surface area (Å²) >= 11 is 1.51. The van der Waals surface area contributed by atoms with E-state index < -0.39 is 47.9 Å². The van der Waals surface area contributed by atoms with Gasteiger partial charge < -0.3 is 26.8 Å². The first-order valence-corrected chi connectivity index (χ1v) is 12.6. The molecule has 186 valence electrons. The van der Waals surface area contributed by atoms with Crippen molar-refractivity contribution < 1.29 is 24.3 Å².